The molecule has 5 nitrogen and oxygen atoms in total. The van der Waals surface area contributed by atoms with Crippen molar-refractivity contribution < 1.29 is 9.59 Å². The van der Waals surface area contributed by atoms with Crippen LogP contribution < -0.4 is 10.6 Å². The predicted molar refractivity (Wildman–Crippen MR) is 60.3 cm³/mol. The quantitative estimate of drug-likeness (QED) is 0.693. The lowest BCUT2D eigenvalue weighted by Gasteiger charge is -2.15. The summed E-state index contributed by atoms with van der Waals surface area (Å²) >= 11 is 0. The Morgan fingerprint density at radius 1 is 1.31 bits per heavy atom. The van der Waals surface area contributed by atoms with Gasteiger partial charge in [0.1, 0.15) is 12.0 Å². The van der Waals surface area contributed by atoms with E-state index in [4.69, 9.17) is 5.26 Å². The maximum atomic E-state index is 11.6. The molecule has 16 heavy (non-hydrogen) atoms. The summed E-state index contributed by atoms with van der Waals surface area (Å²) in [7, 11) is 0. The number of amides is 2. The minimum atomic E-state index is -0.665. The molecule has 0 bridgehead atoms. The molecule has 0 rings (SSSR count). The average Bonchev–Trinajstić information content (AvgIpc) is 2.25. The Balaban J connectivity index is 4.22. The van der Waals surface area contributed by atoms with Gasteiger partial charge in [-0.1, -0.05) is 13.3 Å². The first-order chi connectivity index (χ1) is 7.56. The second kappa shape index (κ2) is 7.69. The second-order valence-corrected chi connectivity index (χ2v) is 3.60. The molecule has 5 heteroatoms. The standard InChI is InChI=1S/C11H19N3O2/c1-4-6-9(7-12)11(16)14-8(3)10(15)13-5-2/h8-9H,4-6H2,1-3H3,(H,13,15)(H,14,16). The van der Waals surface area contributed by atoms with Crippen LogP contribution in [0.25, 0.3) is 0 Å². The van der Waals surface area contributed by atoms with Crippen LogP contribution in [-0.2, 0) is 9.59 Å². The Kier molecular flexibility index (Phi) is 6.93. The smallest absolute Gasteiger partial charge is 0.242 e. The van der Waals surface area contributed by atoms with E-state index in [9.17, 15) is 9.59 Å². The van der Waals surface area contributed by atoms with Crippen molar-refractivity contribution in [2.24, 2.45) is 5.92 Å². The molecule has 2 unspecified atom stereocenters. The molecule has 0 aliphatic heterocycles. The second-order valence-electron chi connectivity index (χ2n) is 3.60. The first kappa shape index (κ1) is 14.4. The molecule has 0 aromatic rings. The maximum Gasteiger partial charge on any atom is 0.242 e. The van der Waals surface area contributed by atoms with Gasteiger partial charge in [-0.3, -0.25) is 9.59 Å². The summed E-state index contributed by atoms with van der Waals surface area (Å²) in [5.74, 6) is -1.27. The molecule has 2 atom stereocenters. The number of likely N-dealkylation sites (N-methyl/N-ethyl adjacent to an activating group) is 1. The van der Waals surface area contributed by atoms with E-state index in [1.54, 1.807) is 6.92 Å². The lowest BCUT2D eigenvalue weighted by molar-refractivity contribution is -0.129. The fourth-order valence-corrected chi connectivity index (χ4v) is 1.25. The van der Waals surface area contributed by atoms with Gasteiger partial charge in [-0.2, -0.15) is 5.26 Å². The summed E-state index contributed by atoms with van der Waals surface area (Å²) in [6.07, 6.45) is 1.28. The van der Waals surface area contributed by atoms with Gasteiger partial charge in [-0.25, -0.2) is 0 Å². The Morgan fingerprint density at radius 2 is 1.94 bits per heavy atom. The highest BCUT2D eigenvalue weighted by atomic mass is 16.2. The van der Waals surface area contributed by atoms with Crippen LogP contribution in [0.1, 0.15) is 33.6 Å². The molecule has 0 aromatic heterocycles. The van der Waals surface area contributed by atoms with E-state index in [1.165, 1.54) is 0 Å². The Morgan fingerprint density at radius 3 is 2.38 bits per heavy atom. The van der Waals surface area contributed by atoms with E-state index >= 15 is 0 Å². The number of rotatable bonds is 6. The van der Waals surface area contributed by atoms with Crippen molar-refractivity contribution in [1.82, 2.24) is 10.6 Å². The van der Waals surface area contributed by atoms with Gasteiger partial charge in [0, 0.05) is 6.54 Å². The zero-order chi connectivity index (χ0) is 12.6. The topological polar surface area (TPSA) is 82.0 Å². The summed E-state index contributed by atoms with van der Waals surface area (Å²) in [6, 6.07) is 1.34. The number of nitrogens with zero attached hydrogens (tertiary/aromatic N) is 1. The largest absolute Gasteiger partial charge is 0.355 e. The molecule has 0 radical (unpaired) electrons. The highest BCUT2D eigenvalue weighted by molar-refractivity contribution is 5.89. The maximum absolute atomic E-state index is 11.6. The molecule has 0 aromatic carbocycles. The summed E-state index contributed by atoms with van der Waals surface area (Å²) < 4.78 is 0. The van der Waals surface area contributed by atoms with E-state index in [0.29, 0.717) is 13.0 Å². The number of carbonyl (C=O) groups excluding carboxylic acids is 2. The highest BCUT2D eigenvalue weighted by Gasteiger charge is 2.21. The van der Waals surface area contributed by atoms with Gasteiger partial charge in [-0.05, 0) is 20.3 Å². The SMILES string of the molecule is CCCC(C#N)C(=O)NC(C)C(=O)NCC. The number of carbonyl (C=O) groups is 2. The third-order valence-corrected chi connectivity index (χ3v) is 2.15. The van der Waals surface area contributed by atoms with E-state index in [0.717, 1.165) is 6.42 Å². The molecule has 0 fully saturated rings. The fourth-order valence-electron chi connectivity index (χ4n) is 1.25. The van der Waals surface area contributed by atoms with Crippen molar-refractivity contribution in [1.29, 1.82) is 5.26 Å². The zero-order valence-corrected chi connectivity index (χ0v) is 10.0. The lowest BCUT2D eigenvalue weighted by atomic mass is 10.0. The highest BCUT2D eigenvalue weighted by Crippen LogP contribution is 2.05. The van der Waals surface area contributed by atoms with Gasteiger partial charge >= 0.3 is 0 Å². The number of hydrogen-bond acceptors (Lipinski definition) is 3. The Bertz CT molecular complexity index is 283. The van der Waals surface area contributed by atoms with E-state index < -0.39 is 12.0 Å². The van der Waals surface area contributed by atoms with Crippen LogP contribution in [-0.4, -0.2) is 24.4 Å². The number of hydrogen-bond donors (Lipinski definition) is 2. The minimum absolute atomic E-state index is 0.232. The minimum Gasteiger partial charge on any atom is -0.355 e. The fraction of sp³-hybridized carbons (Fsp3) is 0.727. The van der Waals surface area contributed by atoms with Crippen LogP contribution in [0.3, 0.4) is 0 Å². The summed E-state index contributed by atoms with van der Waals surface area (Å²) in [5, 5.41) is 13.9. The van der Waals surface area contributed by atoms with Crippen LogP contribution >= 0.6 is 0 Å². The van der Waals surface area contributed by atoms with E-state index in [1.807, 2.05) is 19.9 Å². The van der Waals surface area contributed by atoms with Gasteiger partial charge in [0.25, 0.3) is 0 Å². The Hall–Kier alpha value is -1.57. The van der Waals surface area contributed by atoms with Gasteiger partial charge in [0.05, 0.1) is 6.07 Å². The van der Waals surface area contributed by atoms with Crippen molar-refractivity contribution >= 4 is 11.8 Å². The molecule has 0 heterocycles. The van der Waals surface area contributed by atoms with Gasteiger partial charge in [0.15, 0.2) is 0 Å². The first-order valence-corrected chi connectivity index (χ1v) is 5.54. The summed E-state index contributed by atoms with van der Waals surface area (Å²) in [5.41, 5.74) is 0. The molecule has 0 saturated heterocycles. The number of nitriles is 1. The Labute approximate surface area is 96.2 Å². The van der Waals surface area contributed by atoms with Crippen LogP contribution in [0, 0.1) is 17.2 Å². The summed E-state index contributed by atoms with van der Waals surface area (Å²) in [4.78, 5) is 22.9. The van der Waals surface area contributed by atoms with Crippen molar-refractivity contribution in [2.75, 3.05) is 6.54 Å². The van der Waals surface area contributed by atoms with Crippen LogP contribution in [0.5, 0.6) is 0 Å². The molecule has 2 amide bonds. The molecule has 0 spiro atoms. The molecular weight excluding hydrogens is 206 g/mol. The van der Waals surface area contributed by atoms with E-state index in [2.05, 4.69) is 10.6 Å². The van der Waals surface area contributed by atoms with Crippen molar-refractivity contribution in [3.8, 4) is 6.07 Å². The number of nitrogens with one attached hydrogen (secondary N) is 2. The predicted octanol–water partition coefficient (Wildman–Crippen LogP) is 0.567. The van der Waals surface area contributed by atoms with Gasteiger partial charge < -0.3 is 10.6 Å². The monoisotopic (exact) mass is 225 g/mol. The lowest BCUT2D eigenvalue weighted by Crippen LogP contribution is -2.46. The zero-order valence-electron chi connectivity index (χ0n) is 10.0. The average molecular weight is 225 g/mol. The molecule has 0 saturated carbocycles. The molecule has 0 aliphatic rings. The molecule has 90 valence electrons. The van der Waals surface area contributed by atoms with Crippen LogP contribution in [0.2, 0.25) is 0 Å². The first-order valence-electron chi connectivity index (χ1n) is 5.54. The normalized spacial score (nSPS) is 13.4. The third-order valence-electron chi connectivity index (χ3n) is 2.15. The van der Waals surface area contributed by atoms with Gasteiger partial charge in [-0.15, -0.1) is 0 Å². The molecule has 0 aliphatic carbocycles. The van der Waals surface area contributed by atoms with Crippen molar-refractivity contribution in [2.45, 2.75) is 39.7 Å². The third kappa shape index (κ3) is 4.78. The van der Waals surface area contributed by atoms with Crippen LogP contribution in [0.15, 0.2) is 0 Å². The molecule has 2 N–H and O–H groups in total. The van der Waals surface area contributed by atoms with Gasteiger partial charge in [0.2, 0.25) is 11.8 Å². The summed E-state index contributed by atoms with van der Waals surface area (Å²) in [6.45, 7) is 5.84. The molecular formula is C11H19N3O2. The van der Waals surface area contributed by atoms with E-state index in [-0.39, 0.29) is 11.8 Å². The van der Waals surface area contributed by atoms with Crippen LogP contribution in [0.4, 0.5) is 0 Å². The van der Waals surface area contributed by atoms with Crippen molar-refractivity contribution in [3.05, 3.63) is 0 Å². The van der Waals surface area contributed by atoms with Crippen molar-refractivity contribution in [3.63, 3.8) is 0 Å².